The molecule has 3 atom stereocenters. The highest BCUT2D eigenvalue weighted by Crippen LogP contribution is 2.18. The number of benzene rings is 1. The van der Waals surface area contributed by atoms with E-state index in [9.17, 15) is 4.79 Å². The summed E-state index contributed by atoms with van der Waals surface area (Å²) in [7, 11) is 1.42. The van der Waals surface area contributed by atoms with E-state index in [0.717, 1.165) is 4.47 Å². The fourth-order valence-corrected chi connectivity index (χ4v) is 2.04. The standard InChI is InChI=1S/C14H20BrNO2/c1-9(14(17)18-4)10(2)16-11(3)12-5-7-13(15)8-6-12/h5-11,16H,1-4H3/t9?,10?,11-/m0/s1. The number of carbonyl (C=O) groups excluding carboxylic acids is 1. The van der Waals surface area contributed by atoms with Gasteiger partial charge in [-0.1, -0.05) is 35.0 Å². The van der Waals surface area contributed by atoms with E-state index in [1.165, 1.54) is 12.7 Å². The Morgan fingerprint density at radius 3 is 2.28 bits per heavy atom. The van der Waals surface area contributed by atoms with Gasteiger partial charge in [0.15, 0.2) is 0 Å². The van der Waals surface area contributed by atoms with Crippen LogP contribution in [-0.2, 0) is 9.53 Å². The number of hydrogen-bond donors (Lipinski definition) is 1. The number of methoxy groups -OCH3 is 1. The number of nitrogens with one attached hydrogen (secondary N) is 1. The number of ether oxygens (including phenoxy) is 1. The maximum Gasteiger partial charge on any atom is 0.309 e. The average molecular weight is 314 g/mol. The van der Waals surface area contributed by atoms with Gasteiger partial charge < -0.3 is 10.1 Å². The van der Waals surface area contributed by atoms with Crippen molar-refractivity contribution in [3.05, 3.63) is 34.3 Å². The molecular formula is C14H20BrNO2. The zero-order chi connectivity index (χ0) is 13.7. The Labute approximate surface area is 117 Å². The smallest absolute Gasteiger partial charge is 0.309 e. The Bertz CT molecular complexity index is 391. The molecule has 0 aliphatic carbocycles. The number of halogens is 1. The predicted octanol–water partition coefficient (Wildman–Crippen LogP) is 3.30. The summed E-state index contributed by atoms with van der Waals surface area (Å²) in [4.78, 5) is 11.4. The van der Waals surface area contributed by atoms with E-state index in [-0.39, 0.29) is 24.0 Å². The van der Waals surface area contributed by atoms with Gasteiger partial charge in [-0.25, -0.2) is 0 Å². The van der Waals surface area contributed by atoms with Crippen LogP contribution in [0.5, 0.6) is 0 Å². The van der Waals surface area contributed by atoms with Gasteiger partial charge >= 0.3 is 5.97 Å². The van der Waals surface area contributed by atoms with E-state index >= 15 is 0 Å². The van der Waals surface area contributed by atoms with Crippen molar-refractivity contribution in [2.75, 3.05) is 7.11 Å². The SMILES string of the molecule is COC(=O)C(C)C(C)N[C@@H](C)c1ccc(Br)cc1. The van der Waals surface area contributed by atoms with Gasteiger partial charge in [0, 0.05) is 16.6 Å². The van der Waals surface area contributed by atoms with Crippen molar-refractivity contribution in [3.8, 4) is 0 Å². The molecule has 0 aliphatic heterocycles. The van der Waals surface area contributed by atoms with Crippen molar-refractivity contribution in [3.63, 3.8) is 0 Å². The molecule has 4 heteroatoms. The summed E-state index contributed by atoms with van der Waals surface area (Å²) < 4.78 is 5.82. The van der Waals surface area contributed by atoms with Gasteiger partial charge in [0.2, 0.25) is 0 Å². The lowest BCUT2D eigenvalue weighted by molar-refractivity contribution is -0.145. The van der Waals surface area contributed by atoms with Crippen molar-refractivity contribution in [2.24, 2.45) is 5.92 Å². The summed E-state index contributed by atoms with van der Waals surface area (Å²) in [6, 6.07) is 8.43. The summed E-state index contributed by atoms with van der Waals surface area (Å²) in [5, 5.41) is 3.41. The number of carbonyl (C=O) groups is 1. The normalized spacial score (nSPS) is 15.8. The third-order valence-electron chi connectivity index (χ3n) is 3.21. The van der Waals surface area contributed by atoms with Crippen molar-refractivity contribution >= 4 is 21.9 Å². The van der Waals surface area contributed by atoms with E-state index in [2.05, 4.69) is 40.3 Å². The maximum atomic E-state index is 11.4. The van der Waals surface area contributed by atoms with Crippen LogP contribution in [0.2, 0.25) is 0 Å². The van der Waals surface area contributed by atoms with Gasteiger partial charge in [0.1, 0.15) is 0 Å². The van der Waals surface area contributed by atoms with Gasteiger partial charge in [0.25, 0.3) is 0 Å². The lowest BCUT2D eigenvalue weighted by atomic mass is 10.0. The van der Waals surface area contributed by atoms with Crippen molar-refractivity contribution < 1.29 is 9.53 Å². The van der Waals surface area contributed by atoms with E-state index in [1.54, 1.807) is 0 Å². The molecule has 1 rings (SSSR count). The molecule has 3 nitrogen and oxygen atoms in total. The summed E-state index contributed by atoms with van der Waals surface area (Å²) in [5.41, 5.74) is 1.20. The molecule has 0 spiro atoms. The Balaban J connectivity index is 2.61. The largest absolute Gasteiger partial charge is 0.469 e. The minimum atomic E-state index is -0.182. The fraction of sp³-hybridized carbons (Fsp3) is 0.500. The molecule has 0 saturated heterocycles. The second kappa shape index (κ2) is 6.90. The maximum absolute atomic E-state index is 11.4. The van der Waals surface area contributed by atoms with Crippen molar-refractivity contribution in [1.82, 2.24) is 5.32 Å². The van der Waals surface area contributed by atoms with Gasteiger partial charge in [-0.3, -0.25) is 4.79 Å². The van der Waals surface area contributed by atoms with Crippen LogP contribution in [-0.4, -0.2) is 19.1 Å². The number of rotatable bonds is 5. The lowest BCUT2D eigenvalue weighted by Gasteiger charge is -2.24. The van der Waals surface area contributed by atoms with Crippen LogP contribution >= 0.6 is 15.9 Å². The molecule has 0 bridgehead atoms. The molecule has 18 heavy (non-hydrogen) atoms. The molecule has 0 heterocycles. The summed E-state index contributed by atoms with van der Waals surface area (Å²) >= 11 is 3.42. The summed E-state index contributed by atoms with van der Waals surface area (Å²) in [5.74, 6) is -0.342. The fourth-order valence-electron chi connectivity index (χ4n) is 1.78. The van der Waals surface area contributed by atoms with Gasteiger partial charge in [-0.2, -0.15) is 0 Å². The minimum Gasteiger partial charge on any atom is -0.469 e. The molecular weight excluding hydrogens is 294 g/mol. The minimum absolute atomic E-state index is 0.0658. The summed E-state index contributed by atoms with van der Waals surface area (Å²) in [6.07, 6.45) is 0. The van der Waals surface area contributed by atoms with Crippen LogP contribution < -0.4 is 5.32 Å². The van der Waals surface area contributed by atoms with Crippen LogP contribution in [0.4, 0.5) is 0 Å². The van der Waals surface area contributed by atoms with Crippen LogP contribution in [0.3, 0.4) is 0 Å². The third kappa shape index (κ3) is 4.10. The average Bonchev–Trinajstić information content (AvgIpc) is 2.37. The molecule has 1 N–H and O–H groups in total. The third-order valence-corrected chi connectivity index (χ3v) is 3.73. The van der Waals surface area contributed by atoms with Crippen molar-refractivity contribution in [2.45, 2.75) is 32.9 Å². The zero-order valence-corrected chi connectivity index (χ0v) is 12.8. The molecule has 0 aromatic heterocycles. The molecule has 2 unspecified atom stereocenters. The molecule has 0 radical (unpaired) electrons. The highest BCUT2D eigenvalue weighted by Gasteiger charge is 2.22. The first-order valence-corrected chi connectivity index (χ1v) is 6.84. The van der Waals surface area contributed by atoms with E-state index in [4.69, 9.17) is 4.74 Å². The topological polar surface area (TPSA) is 38.3 Å². The first kappa shape index (κ1) is 15.2. The Morgan fingerprint density at radius 2 is 1.78 bits per heavy atom. The second-order valence-corrected chi connectivity index (χ2v) is 5.46. The molecule has 100 valence electrons. The second-order valence-electron chi connectivity index (χ2n) is 4.54. The molecule has 1 aromatic carbocycles. The molecule has 0 saturated carbocycles. The van der Waals surface area contributed by atoms with E-state index in [0.29, 0.717) is 0 Å². The van der Waals surface area contributed by atoms with Crippen LogP contribution in [0.25, 0.3) is 0 Å². The van der Waals surface area contributed by atoms with Crippen LogP contribution in [0.1, 0.15) is 32.4 Å². The van der Waals surface area contributed by atoms with Gasteiger partial charge in [-0.15, -0.1) is 0 Å². The van der Waals surface area contributed by atoms with E-state index in [1.807, 2.05) is 26.0 Å². The van der Waals surface area contributed by atoms with Crippen molar-refractivity contribution in [1.29, 1.82) is 0 Å². The highest BCUT2D eigenvalue weighted by molar-refractivity contribution is 9.10. The monoisotopic (exact) mass is 313 g/mol. The molecule has 0 amide bonds. The van der Waals surface area contributed by atoms with E-state index < -0.39 is 0 Å². The Hall–Kier alpha value is -0.870. The number of hydrogen-bond acceptors (Lipinski definition) is 3. The zero-order valence-electron chi connectivity index (χ0n) is 11.2. The molecule has 0 fully saturated rings. The lowest BCUT2D eigenvalue weighted by Crippen LogP contribution is -2.38. The van der Waals surface area contributed by atoms with Gasteiger partial charge in [0.05, 0.1) is 13.0 Å². The van der Waals surface area contributed by atoms with Crippen LogP contribution in [0, 0.1) is 5.92 Å². The van der Waals surface area contributed by atoms with Crippen LogP contribution in [0.15, 0.2) is 28.7 Å². The Morgan fingerprint density at radius 1 is 1.22 bits per heavy atom. The molecule has 1 aromatic rings. The first-order chi connectivity index (χ1) is 8.45. The first-order valence-electron chi connectivity index (χ1n) is 6.05. The quantitative estimate of drug-likeness (QED) is 0.848. The predicted molar refractivity (Wildman–Crippen MR) is 76.3 cm³/mol. The van der Waals surface area contributed by atoms with Gasteiger partial charge in [-0.05, 0) is 31.5 Å². The summed E-state index contributed by atoms with van der Waals surface area (Å²) in [6.45, 7) is 5.96. The number of esters is 1. The Kier molecular flexibility index (Phi) is 5.82. The highest BCUT2D eigenvalue weighted by atomic mass is 79.9. The molecule has 0 aliphatic rings.